The molecule has 0 saturated heterocycles. The van der Waals surface area contributed by atoms with Crippen LogP contribution in [0.3, 0.4) is 0 Å². The molecule has 0 aliphatic heterocycles. The largest absolute Gasteiger partial charge is 0.469 e. The highest BCUT2D eigenvalue weighted by atomic mass is 35.5. The Balaban J connectivity index is 1.63. The van der Waals surface area contributed by atoms with Crippen molar-refractivity contribution in [2.75, 3.05) is 16.8 Å². The minimum atomic E-state index is -5.28. The molecule has 0 radical (unpaired) electrons. The van der Waals surface area contributed by atoms with Crippen molar-refractivity contribution in [3.05, 3.63) is 93.0 Å². The normalized spacial score (nSPS) is 17.5. The molecule has 1 aliphatic rings. The third-order valence-corrected chi connectivity index (χ3v) is 17.1. The number of alkyl halides is 8. The Hall–Kier alpha value is -5.39. The number of sulfonamides is 1. The van der Waals surface area contributed by atoms with Crippen molar-refractivity contribution in [1.29, 1.82) is 0 Å². The molecule has 6 rings (SSSR count). The number of aryl methyl sites for hydroxylation is 1. The number of phosphoric ester groups is 1. The zero-order valence-corrected chi connectivity index (χ0v) is 44.9. The van der Waals surface area contributed by atoms with Crippen LogP contribution in [0.25, 0.3) is 22.0 Å². The van der Waals surface area contributed by atoms with Crippen LogP contribution in [0, 0.1) is 17.6 Å². The second kappa shape index (κ2) is 21.3. The average molecular weight is 1180 g/mol. The second-order valence-corrected chi connectivity index (χ2v) is 25.2. The number of hydrogen-bond donors (Lipinski definition) is 3. The van der Waals surface area contributed by atoms with E-state index < -0.39 is 174 Å². The van der Waals surface area contributed by atoms with Crippen molar-refractivity contribution < 1.29 is 93.9 Å². The molecule has 18 nitrogen and oxygen atoms in total. The van der Waals surface area contributed by atoms with Crippen molar-refractivity contribution in [2.45, 2.75) is 121 Å². The maximum Gasteiger partial charge on any atom is 0.469 e. The summed E-state index contributed by atoms with van der Waals surface area (Å²) in [7, 11) is -14.1. The molecule has 0 spiro atoms. The first kappa shape index (κ1) is 60.8. The highest BCUT2D eigenvalue weighted by Gasteiger charge is 2.57. The van der Waals surface area contributed by atoms with E-state index in [2.05, 4.69) is 25.0 Å². The molecule has 2 aromatic carbocycles. The smallest absolute Gasteiger partial charge is 0.443 e. The van der Waals surface area contributed by atoms with Crippen LogP contribution in [-0.4, -0.2) is 98.8 Å². The van der Waals surface area contributed by atoms with Crippen LogP contribution in [0.1, 0.15) is 93.8 Å². The van der Waals surface area contributed by atoms with Crippen LogP contribution < -0.4 is 9.62 Å². The number of phosphoric acid groups is 1. The summed E-state index contributed by atoms with van der Waals surface area (Å²) in [6, 6.07) is 4.79. The van der Waals surface area contributed by atoms with E-state index in [9.17, 15) is 75.9 Å². The summed E-state index contributed by atoms with van der Waals surface area (Å²) in [5.74, 6) is -11.9. The van der Waals surface area contributed by atoms with E-state index in [4.69, 9.17) is 16.3 Å². The van der Waals surface area contributed by atoms with Crippen molar-refractivity contribution in [3.8, 4) is 11.1 Å². The van der Waals surface area contributed by atoms with Gasteiger partial charge in [0.05, 0.1) is 38.7 Å². The zero-order chi connectivity index (χ0) is 58.1. The predicted octanol–water partition coefficient (Wildman–Crippen LogP) is 9.30. The van der Waals surface area contributed by atoms with Crippen molar-refractivity contribution in [1.82, 2.24) is 29.9 Å². The Morgan fingerprint density at radius 2 is 1.52 bits per heavy atom. The number of rotatable bonds is 18. The van der Waals surface area contributed by atoms with Crippen LogP contribution in [0.5, 0.6) is 0 Å². The lowest BCUT2D eigenvalue weighted by molar-refractivity contribution is -0.143. The molecule has 0 bridgehead atoms. The Labute approximate surface area is 438 Å². The van der Waals surface area contributed by atoms with Gasteiger partial charge < -0.3 is 19.8 Å². The summed E-state index contributed by atoms with van der Waals surface area (Å²) in [6.07, 6.45) is -15.4. The fraction of sp³-hybridized carbons (Fsp3) is 0.489. The minimum absolute atomic E-state index is 0.000695. The van der Waals surface area contributed by atoms with E-state index in [0.717, 1.165) is 58.2 Å². The van der Waals surface area contributed by atoms with Gasteiger partial charge in [0.2, 0.25) is 15.9 Å². The number of nitrogens with zero attached hydrogens (tertiary/aromatic N) is 6. The van der Waals surface area contributed by atoms with Crippen LogP contribution in [0.15, 0.2) is 42.5 Å². The maximum absolute atomic E-state index is 15.8. The van der Waals surface area contributed by atoms with Gasteiger partial charge in [-0.1, -0.05) is 37.6 Å². The van der Waals surface area contributed by atoms with E-state index in [1.165, 1.54) is 26.0 Å². The topological polar surface area (TPSA) is 242 Å². The maximum atomic E-state index is 15.8. The molecule has 1 aliphatic carbocycles. The van der Waals surface area contributed by atoms with Gasteiger partial charge >= 0.3 is 26.3 Å². The van der Waals surface area contributed by atoms with Crippen molar-refractivity contribution in [3.63, 3.8) is 0 Å². The first-order valence-electron chi connectivity index (χ1n) is 22.7. The Morgan fingerprint density at radius 3 is 2.06 bits per heavy atom. The summed E-state index contributed by atoms with van der Waals surface area (Å²) >= 11 is 6.63. The zero-order valence-electron chi connectivity index (χ0n) is 41.6. The fourth-order valence-corrected chi connectivity index (χ4v) is 10.6. The van der Waals surface area contributed by atoms with Crippen LogP contribution in [0.2, 0.25) is 5.02 Å². The molecule has 77 heavy (non-hydrogen) atoms. The standard InChI is InChI=1S/C45H49ClF10N7O11PS2/c1-21-22(2)44(52,53)39-34(21)38(45(54,55)56)59-61(39)19-33(64)58-32(17-25-15-26(47)18-27(48)16-25)36-29(10-9-28(57-36)13-14-42(5,6)76(7,69)70)30-11-12-31(46)35-37(30)62(20-43(49,50)51)60-40(35)63(77(8,71)72)41(65)73-23(3)24(4)74-75(66,67)68/h9-12,15-16,18,21-24,32H,13-14,17,19-20H2,1-8H3,(H,58,64)(H2,66,67,68)/t21-,22+,23-,24-,32-/m0/s1. The number of halogens is 11. The van der Waals surface area contributed by atoms with E-state index >= 15 is 8.78 Å². The summed E-state index contributed by atoms with van der Waals surface area (Å²) < 4.78 is 221. The van der Waals surface area contributed by atoms with Gasteiger partial charge in [-0.15, -0.1) is 0 Å². The van der Waals surface area contributed by atoms with Crippen molar-refractivity contribution >= 4 is 68.0 Å². The Bertz CT molecular complexity index is 3390. The monoisotopic (exact) mass is 1180 g/mol. The summed E-state index contributed by atoms with van der Waals surface area (Å²) in [4.78, 5) is 51.3. The molecule has 3 heterocycles. The lowest BCUT2D eigenvalue weighted by Gasteiger charge is -2.25. The van der Waals surface area contributed by atoms with Gasteiger partial charge in [0.25, 0.3) is 5.92 Å². The van der Waals surface area contributed by atoms with Gasteiger partial charge in [-0.2, -0.15) is 49.6 Å². The van der Waals surface area contributed by atoms with Gasteiger partial charge in [0, 0.05) is 40.6 Å². The molecule has 32 heteroatoms. The number of hydrogen-bond acceptors (Lipinski definition) is 12. The van der Waals surface area contributed by atoms with Gasteiger partial charge in [-0.05, 0) is 82.7 Å². The molecule has 5 atom stereocenters. The second-order valence-electron chi connectivity index (χ2n) is 19.2. The number of aromatic nitrogens is 5. The van der Waals surface area contributed by atoms with Gasteiger partial charge in [-0.25, -0.2) is 35.0 Å². The first-order chi connectivity index (χ1) is 35.0. The third kappa shape index (κ3) is 13.4. The number of carbonyl (C=O) groups excluding carboxylic acids is 2. The lowest BCUT2D eigenvalue weighted by atomic mass is 9.93. The SMILES string of the molecule is C[C@H](OC(=O)N(c1nn(CC(F)(F)F)c2c(-c3ccc(CCC(C)(C)S(C)(=O)=O)nc3[C@H](Cc3cc(F)cc(F)c3)NC(=O)Cn3nc(C(F)(F)F)c4c3C(F)(F)[C@H](C)[C@@H]4C)ccc(Cl)c12)S(C)(=O)=O)[C@H](C)OP(=O)(O)O. The number of ether oxygens (including phenoxy) is 1. The number of benzene rings is 2. The number of sulfone groups is 1. The van der Waals surface area contributed by atoms with Crippen molar-refractivity contribution in [2.24, 2.45) is 5.92 Å². The molecule has 3 N–H and O–H groups in total. The quantitative estimate of drug-likeness (QED) is 0.0547. The predicted molar refractivity (Wildman–Crippen MR) is 257 cm³/mol. The molecular weight excluding hydrogens is 1140 g/mol. The number of fused-ring (bicyclic) bond motifs is 2. The fourth-order valence-electron chi connectivity index (χ4n) is 8.57. The highest BCUT2D eigenvalue weighted by molar-refractivity contribution is 7.92. The molecule has 0 fully saturated rings. The molecule has 2 amide bonds. The van der Waals surface area contributed by atoms with Crippen LogP contribution in [0.4, 0.5) is 54.5 Å². The molecule has 0 unspecified atom stereocenters. The first-order valence-corrected chi connectivity index (χ1v) is 28.4. The Kier molecular flexibility index (Phi) is 16.9. The van der Waals surface area contributed by atoms with Crippen LogP contribution in [-0.2, 0) is 76.5 Å². The number of pyridine rings is 1. The molecule has 3 aromatic heterocycles. The lowest BCUT2D eigenvalue weighted by Crippen LogP contribution is -2.41. The molecule has 0 saturated carbocycles. The highest BCUT2D eigenvalue weighted by Crippen LogP contribution is 2.55. The average Bonchev–Trinajstić information content (AvgIpc) is 3.87. The minimum Gasteiger partial charge on any atom is -0.443 e. The molecular formula is C45H49ClF10N7O11PS2. The van der Waals surface area contributed by atoms with E-state index in [0.29, 0.717) is 12.3 Å². The summed E-state index contributed by atoms with van der Waals surface area (Å²) in [6.45, 7) is 3.52. The third-order valence-electron chi connectivity index (χ3n) is 13.0. The number of anilines is 1. The van der Waals surface area contributed by atoms with E-state index in [1.54, 1.807) is 0 Å². The number of nitrogens with one attached hydrogen (secondary N) is 1. The Morgan fingerprint density at radius 1 is 0.922 bits per heavy atom. The summed E-state index contributed by atoms with van der Waals surface area (Å²) in [5.41, 5.74) is -5.95. The van der Waals surface area contributed by atoms with Gasteiger partial charge in [-0.3, -0.25) is 23.7 Å². The summed E-state index contributed by atoms with van der Waals surface area (Å²) in [5, 5.41) is 8.40. The van der Waals surface area contributed by atoms with E-state index in [1.807, 2.05) is 0 Å². The van der Waals surface area contributed by atoms with E-state index in [-0.39, 0.29) is 43.3 Å². The number of amides is 2. The molecule has 5 aromatic rings. The van der Waals surface area contributed by atoms with Crippen LogP contribution >= 0.6 is 19.4 Å². The van der Waals surface area contributed by atoms with Gasteiger partial charge in [0.1, 0.15) is 42.6 Å². The van der Waals surface area contributed by atoms with Gasteiger partial charge in [0.15, 0.2) is 21.3 Å². The number of carbonyl (C=O) groups is 2. The molecule has 424 valence electrons.